The quantitative estimate of drug-likeness (QED) is 0.870. The molecule has 0 aliphatic carbocycles. The van der Waals surface area contributed by atoms with Crippen molar-refractivity contribution in [1.82, 2.24) is 9.88 Å². The van der Waals surface area contributed by atoms with Crippen LogP contribution in [0.2, 0.25) is 0 Å². The molecule has 1 spiro atoms. The average Bonchev–Trinajstić information content (AvgIpc) is 3.18. The third kappa shape index (κ3) is 3.26. The molecule has 0 saturated carbocycles. The van der Waals surface area contributed by atoms with Crippen LogP contribution in [0.5, 0.6) is 0 Å². The molecule has 0 radical (unpaired) electrons. The molecule has 2 aliphatic heterocycles. The molecule has 0 bridgehead atoms. The van der Waals surface area contributed by atoms with Crippen LogP contribution in [0.4, 0.5) is 5.82 Å². The van der Waals surface area contributed by atoms with E-state index in [0.29, 0.717) is 0 Å². The van der Waals surface area contributed by atoms with E-state index in [1.54, 1.807) is 6.26 Å². The molecule has 2 aliphatic rings. The van der Waals surface area contributed by atoms with Gasteiger partial charge in [-0.2, -0.15) is 0 Å². The minimum Gasteiger partial charge on any atom is -0.468 e. The third-order valence-electron chi connectivity index (χ3n) is 4.89. The van der Waals surface area contributed by atoms with Gasteiger partial charge in [-0.25, -0.2) is 4.98 Å². The molecule has 2 aromatic heterocycles. The lowest BCUT2D eigenvalue weighted by atomic mass is 9.87. The molecule has 0 unspecified atom stereocenters. The molecule has 122 valence electrons. The maximum absolute atomic E-state index is 5.95. The van der Waals surface area contributed by atoms with E-state index >= 15 is 0 Å². The first-order chi connectivity index (χ1) is 11.3. The number of ether oxygens (including phenoxy) is 1. The zero-order chi connectivity index (χ0) is 15.5. The molecule has 5 heteroatoms. The second kappa shape index (κ2) is 6.34. The molecule has 2 saturated heterocycles. The van der Waals surface area contributed by atoms with Crippen molar-refractivity contribution in [2.45, 2.75) is 13.0 Å². The lowest BCUT2D eigenvalue weighted by Gasteiger charge is -2.31. The summed E-state index contributed by atoms with van der Waals surface area (Å²) in [6.45, 7) is 6.58. The van der Waals surface area contributed by atoms with Crippen LogP contribution >= 0.6 is 0 Å². The number of aromatic nitrogens is 1. The minimum absolute atomic E-state index is 0.195. The van der Waals surface area contributed by atoms with Crippen LogP contribution in [0.1, 0.15) is 12.2 Å². The zero-order valence-corrected chi connectivity index (χ0v) is 13.4. The third-order valence-corrected chi connectivity index (χ3v) is 4.89. The fraction of sp³-hybridized carbons (Fsp3) is 0.500. The van der Waals surface area contributed by atoms with E-state index in [9.17, 15) is 0 Å². The average molecular weight is 313 g/mol. The number of furan rings is 1. The summed E-state index contributed by atoms with van der Waals surface area (Å²) in [6, 6.07) is 10.1. The number of anilines is 1. The minimum atomic E-state index is 0.195. The van der Waals surface area contributed by atoms with Crippen LogP contribution in [-0.4, -0.2) is 49.3 Å². The molecule has 0 aromatic carbocycles. The predicted octanol–water partition coefficient (Wildman–Crippen LogP) is 2.40. The fourth-order valence-electron chi connectivity index (χ4n) is 3.76. The summed E-state index contributed by atoms with van der Waals surface area (Å²) in [6.07, 6.45) is 4.77. The molecular formula is C18H23N3O2. The topological polar surface area (TPSA) is 41.7 Å². The first-order valence-corrected chi connectivity index (χ1v) is 8.32. The number of hydrogen-bond donors (Lipinski definition) is 0. The van der Waals surface area contributed by atoms with Crippen molar-refractivity contribution in [1.29, 1.82) is 0 Å². The Morgan fingerprint density at radius 3 is 2.96 bits per heavy atom. The summed E-state index contributed by atoms with van der Waals surface area (Å²) in [7, 11) is 0. The van der Waals surface area contributed by atoms with Crippen molar-refractivity contribution in [2.24, 2.45) is 5.41 Å². The normalized spacial score (nSPS) is 25.8. The van der Waals surface area contributed by atoms with Gasteiger partial charge in [0.25, 0.3) is 0 Å². The fourth-order valence-corrected chi connectivity index (χ4v) is 3.76. The highest BCUT2D eigenvalue weighted by molar-refractivity contribution is 5.40. The van der Waals surface area contributed by atoms with E-state index in [2.05, 4.69) is 26.9 Å². The maximum Gasteiger partial charge on any atom is 0.128 e. The van der Waals surface area contributed by atoms with Crippen LogP contribution in [0.3, 0.4) is 0 Å². The van der Waals surface area contributed by atoms with E-state index in [0.717, 1.165) is 63.9 Å². The molecule has 23 heavy (non-hydrogen) atoms. The molecule has 0 amide bonds. The van der Waals surface area contributed by atoms with Crippen LogP contribution in [0, 0.1) is 5.41 Å². The van der Waals surface area contributed by atoms with E-state index in [-0.39, 0.29) is 5.41 Å². The standard InChI is InChI=1S/C18H23N3O2/c1-2-7-19-17(5-1)21-8-6-18(14-21)13-20(9-11-22-15-18)12-16-4-3-10-23-16/h1-5,7,10H,6,8-9,11-15H2/t18-/m0/s1. The van der Waals surface area contributed by atoms with Gasteiger partial charge >= 0.3 is 0 Å². The lowest BCUT2D eigenvalue weighted by molar-refractivity contribution is 0.0797. The second-order valence-electron chi connectivity index (χ2n) is 6.70. The molecule has 0 N–H and O–H groups in total. The van der Waals surface area contributed by atoms with Gasteiger partial charge in [-0.1, -0.05) is 6.07 Å². The largest absolute Gasteiger partial charge is 0.468 e. The van der Waals surface area contributed by atoms with Gasteiger partial charge in [-0.3, -0.25) is 4.90 Å². The Hall–Kier alpha value is -1.85. The van der Waals surface area contributed by atoms with Gasteiger partial charge in [0.15, 0.2) is 0 Å². The molecule has 2 fully saturated rings. The Bertz CT molecular complexity index is 616. The summed E-state index contributed by atoms with van der Waals surface area (Å²) < 4.78 is 11.5. The van der Waals surface area contributed by atoms with Crippen LogP contribution in [0.25, 0.3) is 0 Å². The summed E-state index contributed by atoms with van der Waals surface area (Å²) >= 11 is 0. The van der Waals surface area contributed by atoms with Crippen LogP contribution < -0.4 is 4.90 Å². The number of hydrogen-bond acceptors (Lipinski definition) is 5. The SMILES string of the molecule is c1ccc(N2CC[C@@]3(COCCN(Cc4ccco4)C3)C2)nc1. The highest BCUT2D eigenvalue weighted by Crippen LogP contribution is 2.35. The summed E-state index contributed by atoms with van der Waals surface area (Å²) in [5.74, 6) is 2.10. The van der Waals surface area contributed by atoms with Gasteiger partial charge in [0, 0.05) is 37.8 Å². The smallest absolute Gasteiger partial charge is 0.128 e. The van der Waals surface area contributed by atoms with Gasteiger partial charge in [0.05, 0.1) is 26.0 Å². The molecular weight excluding hydrogens is 290 g/mol. The summed E-state index contributed by atoms with van der Waals surface area (Å²) in [5, 5.41) is 0. The zero-order valence-electron chi connectivity index (χ0n) is 13.4. The van der Waals surface area contributed by atoms with Crippen molar-refractivity contribution in [3.63, 3.8) is 0 Å². The van der Waals surface area contributed by atoms with Gasteiger partial charge in [-0.15, -0.1) is 0 Å². The van der Waals surface area contributed by atoms with Crippen molar-refractivity contribution in [3.05, 3.63) is 48.6 Å². The monoisotopic (exact) mass is 313 g/mol. The highest BCUT2D eigenvalue weighted by atomic mass is 16.5. The van der Waals surface area contributed by atoms with Crippen molar-refractivity contribution in [2.75, 3.05) is 44.3 Å². The molecule has 4 heterocycles. The Morgan fingerprint density at radius 2 is 2.13 bits per heavy atom. The first kappa shape index (κ1) is 14.7. The maximum atomic E-state index is 5.95. The van der Waals surface area contributed by atoms with Crippen molar-refractivity contribution in [3.8, 4) is 0 Å². The van der Waals surface area contributed by atoms with E-state index < -0.39 is 0 Å². The van der Waals surface area contributed by atoms with Crippen molar-refractivity contribution >= 4 is 5.82 Å². The Morgan fingerprint density at radius 1 is 1.13 bits per heavy atom. The Kier molecular flexibility index (Phi) is 4.06. The van der Waals surface area contributed by atoms with Gasteiger partial charge in [-0.05, 0) is 30.7 Å². The van der Waals surface area contributed by atoms with Gasteiger partial charge in [0.1, 0.15) is 11.6 Å². The number of pyridine rings is 1. The molecule has 5 nitrogen and oxygen atoms in total. The van der Waals surface area contributed by atoms with Gasteiger partial charge in [0.2, 0.25) is 0 Å². The second-order valence-corrected chi connectivity index (χ2v) is 6.70. The molecule has 2 aromatic rings. The lowest BCUT2D eigenvalue weighted by Crippen LogP contribution is -2.40. The Balaban J connectivity index is 1.46. The van der Waals surface area contributed by atoms with Crippen molar-refractivity contribution < 1.29 is 9.15 Å². The number of rotatable bonds is 3. The van der Waals surface area contributed by atoms with Crippen LogP contribution in [0.15, 0.2) is 47.2 Å². The molecule has 1 atom stereocenters. The highest BCUT2D eigenvalue weighted by Gasteiger charge is 2.41. The van der Waals surface area contributed by atoms with E-state index in [4.69, 9.17) is 9.15 Å². The van der Waals surface area contributed by atoms with E-state index in [1.165, 1.54) is 0 Å². The molecule has 4 rings (SSSR count). The Labute approximate surface area is 136 Å². The summed E-state index contributed by atoms with van der Waals surface area (Å²) in [5.41, 5.74) is 0.195. The summed E-state index contributed by atoms with van der Waals surface area (Å²) in [4.78, 5) is 9.35. The van der Waals surface area contributed by atoms with Crippen LogP contribution in [-0.2, 0) is 11.3 Å². The predicted molar refractivity (Wildman–Crippen MR) is 88.3 cm³/mol. The first-order valence-electron chi connectivity index (χ1n) is 8.32. The van der Waals surface area contributed by atoms with E-state index in [1.807, 2.05) is 24.4 Å². The van der Waals surface area contributed by atoms with Gasteiger partial charge < -0.3 is 14.1 Å². The number of nitrogens with zero attached hydrogens (tertiary/aromatic N) is 3.